The first kappa shape index (κ1) is 26.0. The van der Waals surface area contributed by atoms with E-state index in [0.717, 1.165) is 49.4 Å². The first-order valence-electron chi connectivity index (χ1n) is 12.0. The molecule has 2 aliphatic heterocycles. The van der Waals surface area contributed by atoms with Gasteiger partial charge in [0, 0.05) is 18.3 Å². The number of hydrogen-bond acceptors (Lipinski definition) is 7. The minimum absolute atomic E-state index is 0.00349. The van der Waals surface area contributed by atoms with Crippen molar-refractivity contribution < 1.29 is 34.1 Å². The third-order valence-corrected chi connectivity index (χ3v) is 6.61. The van der Waals surface area contributed by atoms with Crippen molar-refractivity contribution in [3.05, 3.63) is 47.8 Å². The van der Waals surface area contributed by atoms with Crippen LogP contribution in [0.3, 0.4) is 0 Å². The van der Waals surface area contributed by atoms with Crippen molar-refractivity contribution in [1.29, 1.82) is 0 Å². The fourth-order valence-corrected chi connectivity index (χ4v) is 4.44. The average Bonchev–Trinajstić information content (AvgIpc) is 3.47. The standard InChI is InChI=1S/C24H28N4O3.C2H2O4/c1-16-9-20-21(10-17(16)2)28(14-25-20)12-18-5-7-27(8-6-18)13-24(29)26-19-3-4-22-23(11-19)31-15-30-22;3-1(4)2(5)6/h3-4,9-11,14,18H,5-8,12-13,15H2,1-2H3,(H,26,29);(H,3,4)(H,5,6). The van der Waals surface area contributed by atoms with Gasteiger partial charge in [0.1, 0.15) is 0 Å². The van der Waals surface area contributed by atoms with Crippen molar-refractivity contribution in [2.24, 2.45) is 5.92 Å². The molecular weight excluding hydrogens is 480 g/mol. The second-order valence-corrected chi connectivity index (χ2v) is 9.27. The number of fused-ring (bicyclic) bond motifs is 2. The molecule has 11 heteroatoms. The number of rotatable bonds is 5. The number of imidazole rings is 1. The first-order chi connectivity index (χ1) is 17.7. The van der Waals surface area contributed by atoms with Gasteiger partial charge in [-0.05, 0) is 81.1 Å². The Bertz CT molecular complexity index is 1300. The van der Waals surface area contributed by atoms with Crippen LogP contribution in [0.5, 0.6) is 11.5 Å². The summed E-state index contributed by atoms with van der Waals surface area (Å²) in [4.78, 5) is 37.5. The quantitative estimate of drug-likeness (QED) is 0.442. The molecule has 0 radical (unpaired) electrons. The normalized spacial score (nSPS) is 15.2. The summed E-state index contributed by atoms with van der Waals surface area (Å²) in [6, 6.07) is 9.89. The lowest BCUT2D eigenvalue weighted by Crippen LogP contribution is -2.39. The number of hydrogen-bond donors (Lipinski definition) is 3. The van der Waals surface area contributed by atoms with E-state index in [1.165, 1.54) is 16.6 Å². The van der Waals surface area contributed by atoms with Crippen LogP contribution < -0.4 is 14.8 Å². The number of amides is 1. The monoisotopic (exact) mass is 510 g/mol. The molecule has 0 unspecified atom stereocenters. The molecule has 1 aromatic heterocycles. The van der Waals surface area contributed by atoms with E-state index in [1.807, 2.05) is 24.5 Å². The van der Waals surface area contributed by atoms with Gasteiger partial charge < -0.3 is 29.6 Å². The topological polar surface area (TPSA) is 143 Å². The lowest BCUT2D eigenvalue weighted by molar-refractivity contribution is -0.159. The van der Waals surface area contributed by atoms with Gasteiger partial charge in [0.15, 0.2) is 11.5 Å². The van der Waals surface area contributed by atoms with Gasteiger partial charge in [-0.1, -0.05) is 0 Å². The van der Waals surface area contributed by atoms with E-state index < -0.39 is 11.9 Å². The van der Waals surface area contributed by atoms with Gasteiger partial charge in [0.25, 0.3) is 0 Å². The molecule has 3 heterocycles. The van der Waals surface area contributed by atoms with Crippen LogP contribution in [0.1, 0.15) is 24.0 Å². The lowest BCUT2D eigenvalue weighted by Gasteiger charge is -2.31. The third kappa shape index (κ3) is 6.56. The molecule has 3 aromatic rings. The largest absolute Gasteiger partial charge is 0.473 e. The minimum atomic E-state index is -1.82. The molecule has 0 saturated carbocycles. The van der Waals surface area contributed by atoms with E-state index in [1.54, 1.807) is 0 Å². The van der Waals surface area contributed by atoms with E-state index in [0.29, 0.717) is 18.2 Å². The molecule has 196 valence electrons. The predicted octanol–water partition coefficient (Wildman–Crippen LogP) is 2.89. The lowest BCUT2D eigenvalue weighted by atomic mass is 9.96. The number of carbonyl (C=O) groups is 3. The first-order valence-corrected chi connectivity index (χ1v) is 12.0. The molecule has 1 saturated heterocycles. The fourth-order valence-electron chi connectivity index (χ4n) is 4.44. The molecule has 3 N–H and O–H groups in total. The molecular formula is C26H30N4O7. The van der Waals surface area contributed by atoms with Crippen molar-refractivity contribution >= 4 is 34.6 Å². The Labute approximate surface area is 213 Å². The van der Waals surface area contributed by atoms with Crippen molar-refractivity contribution in [1.82, 2.24) is 14.5 Å². The number of aliphatic carboxylic acids is 2. The van der Waals surface area contributed by atoms with Crippen LogP contribution in [-0.2, 0) is 20.9 Å². The summed E-state index contributed by atoms with van der Waals surface area (Å²) >= 11 is 0. The summed E-state index contributed by atoms with van der Waals surface area (Å²) in [6.07, 6.45) is 4.14. The van der Waals surface area contributed by atoms with Gasteiger partial charge in [0.05, 0.1) is 23.9 Å². The number of carboxylic acids is 2. The molecule has 0 atom stereocenters. The molecule has 2 aliphatic rings. The Morgan fingerprint density at radius 3 is 2.38 bits per heavy atom. The maximum Gasteiger partial charge on any atom is 0.414 e. The summed E-state index contributed by atoms with van der Waals surface area (Å²) < 4.78 is 13.0. The molecule has 0 bridgehead atoms. The number of aromatic nitrogens is 2. The second kappa shape index (κ2) is 11.3. The van der Waals surface area contributed by atoms with Crippen LogP contribution in [0.15, 0.2) is 36.7 Å². The molecule has 1 fully saturated rings. The number of ether oxygens (including phenoxy) is 2. The van der Waals surface area contributed by atoms with Crippen LogP contribution in [-0.4, -0.2) is 68.9 Å². The number of anilines is 1. The molecule has 11 nitrogen and oxygen atoms in total. The number of likely N-dealkylation sites (tertiary alicyclic amines) is 1. The van der Waals surface area contributed by atoms with Crippen LogP contribution in [0.2, 0.25) is 0 Å². The summed E-state index contributed by atoms with van der Waals surface area (Å²) in [5.41, 5.74) is 5.61. The van der Waals surface area contributed by atoms with E-state index in [4.69, 9.17) is 29.3 Å². The Kier molecular flexibility index (Phi) is 7.92. The average molecular weight is 511 g/mol. The second-order valence-electron chi connectivity index (χ2n) is 9.27. The van der Waals surface area contributed by atoms with Crippen LogP contribution in [0, 0.1) is 19.8 Å². The van der Waals surface area contributed by atoms with E-state index in [2.05, 4.69) is 45.7 Å². The molecule has 0 spiro atoms. The highest BCUT2D eigenvalue weighted by atomic mass is 16.7. The number of benzene rings is 2. The van der Waals surface area contributed by atoms with Crippen molar-refractivity contribution in [3.8, 4) is 11.5 Å². The number of aryl methyl sites for hydroxylation is 2. The highest BCUT2D eigenvalue weighted by Crippen LogP contribution is 2.34. The number of nitrogens with zero attached hydrogens (tertiary/aromatic N) is 3. The van der Waals surface area contributed by atoms with Crippen molar-refractivity contribution in [2.45, 2.75) is 33.2 Å². The fraction of sp³-hybridized carbons (Fsp3) is 0.385. The molecule has 1 amide bonds. The van der Waals surface area contributed by atoms with E-state index in [9.17, 15) is 4.79 Å². The third-order valence-electron chi connectivity index (χ3n) is 6.61. The smallest absolute Gasteiger partial charge is 0.414 e. The van der Waals surface area contributed by atoms with Gasteiger partial charge in [-0.2, -0.15) is 0 Å². The minimum Gasteiger partial charge on any atom is -0.473 e. The molecule has 0 aliphatic carbocycles. The van der Waals surface area contributed by atoms with Gasteiger partial charge >= 0.3 is 11.9 Å². The van der Waals surface area contributed by atoms with Crippen molar-refractivity contribution in [3.63, 3.8) is 0 Å². The van der Waals surface area contributed by atoms with Crippen LogP contribution in [0.25, 0.3) is 11.0 Å². The Hall–Kier alpha value is -4.12. The Balaban J connectivity index is 0.000000480. The summed E-state index contributed by atoms with van der Waals surface area (Å²) in [6.45, 7) is 7.78. The SMILES string of the molecule is Cc1cc2ncn(CC3CCN(CC(=O)Nc4ccc5c(c4)OCO5)CC3)c2cc1C.O=C(O)C(=O)O. The zero-order valence-electron chi connectivity index (χ0n) is 20.8. The highest BCUT2D eigenvalue weighted by Gasteiger charge is 2.22. The summed E-state index contributed by atoms with van der Waals surface area (Å²) in [5.74, 6) is -1.65. The summed E-state index contributed by atoms with van der Waals surface area (Å²) in [5, 5.41) is 17.8. The zero-order chi connectivity index (χ0) is 26.5. The highest BCUT2D eigenvalue weighted by molar-refractivity contribution is 6.27. The number of carbonyl (C=O) groups excluding carboxylic acids is 1. The number of nitrogens with one attached hydrogen (secondary N) is 1. The maximum absolute atomic E-state index is 12.5. The predicted molar refractivity (Wildman–Crippen MR) is 135 cm³/mol. The molecule has 2 aromatic carbocycles. The summed E-state index contributed by atoms with van der Waals surface area (Å²) in [7, 11) is 0. The number of carboxylic acid groups (broad SMARTS) is 2. The van der Waals surface area contributed by atoms with E-state index >= 15 is 0 Å². The van der Waals surface area contributed by atoms with E-state index in [-0.39, 0.29) is 12.7 Å². The van der Waals surface area contributed by atoms with Gasteiger partial charge in [-0.25, -0.2) is 14.6 Å². The molecule has 37 heavy (non-hydrogen) atoms. The van der Waals surface area contributed by atoms with Crippen molar-refractivity contribution in [2.75, 3.05) is 31.7 Å². The zero-order valence-corrected chi connectivity index (χ0v) is 20.8. The van der Waals surface area contributed by atoms with Crippen LogP contribution >= 0.6 is 0 Å². The number of piperidine rings is 1. The Morgan fingerprint density at radius 2 is 1.68 bits per heavy atom. The maximum atomic E-state index is 12.5. The van der Waals surface area contributed by atoms with Gasteiger partial charge in [-0.15, -0.1) is 0 Å². The van der Waals surface area contributed by atoms with Crippen LogP contribution in [0.4, 0.5) is 5.69 Å². The Morgan fingerprint density at radius 1 is 1.00 bits per heavy atom. The molecule has 5 rings (SSSR count). The van der Waals surface area contributed by atoms with Gasteiger partial charge in [-0.3, -0.25) is 9.69 Å². The van der Waals surface area contributed by atoms with Gasteiger partial charge in [0.2, 0.25) is 12.7 Å².